The van der Waals surface area contributed by atoms with E-state index in [1.165, 1.54) is 31.2 Å². The third-order valence-corrected chi connectivity index (χ3v) is 6.80. The second-order valence-corrected chi connectivity index (χ2v) is 9.50. The first-order chi connectivity index (χ1) is 16.0. The molecule has 1 unspecified atom stereocenters. The van der Waals surface area contributed by atoms with Gasteiger partial charge in [0.2, 0.25) is 5.89 Å². The molecular weight excluding hydrogens is 434 g/mol. The molecule has 1 aliphatic rings. The van der Waals surface area contributed by atoms with E-state index in [9.17, 15) is 0 Å². The van der Waals surface area contributed by atoms with Crippen molar-refractivity contribution in [1.29, 1.82) is 0 Å². The van der Waals surface area contributed by atoms with Crippen LogP contribution in [0.5, 0.6) is 5.75 Å². The number of nitrogens with zero attached hydrogens (tertiary/aromatic N) is 3. The van der Waals surface area contributed by atoms with Crippen LogP contribution in [0.25, 0.3) is 6.08 Å². The van der Waals surface area contributed by atoms with Gasteiger partial charge in [-0.3, -0.25) is 0 Å². The number of benzene rings is 2. The Kier molecular flexibility index (Phi) is 7.84. The highest BCUT2D eigenvalue weighted by Gasteiger charge is 2.29. The summed E-state index contributed by atoms with van der Waals surface area (Å²) >= 11 is 6.10. The molecule has 0 bridgehead atoms. The average molecular weight is 466 g/mol. The van der Waals surface area contributed by atoms with Crippen LogP contribution in [0.2, 0.25) is 5.02 Å². The third-order valence-electron chi connectivity index (χ3n) is 6.55. The van der Waals surface area contributed by atoms with Crippen LogP contribution < -0.4 is 4.74 Å². The molecule has 1 aromatic heterocycles. The zero-order valence-corrected chi connectivity index (χ0v) is 20.3. The SMILES string of the molecule is COc1ccc(Cc2noc(C=CC3CCC(C(c4ccc(Cl)cc4)N(C)C)CC3)n2)cc1. The summed E-state index contributed by atoms with van der Waals surface area (Å²) in [5, 5.41) is 4.92. The Hall–Kier alpha value is -2.63. The van der Waals surface area contributed by atoms with E-state index in [0.717, 1.165) is 16.3 Å². The number of rotatable bonds is 8. The second-order valence-electron chi connectivity index (χ2n) is 9.07. The predicted molar refractivity (Wildman–Crippen MR) is 132 cm³/mol. The molecule has 0 amide bonds. The van der Waals surface area contributed by atoms with Crippen molar-refractivity contribution in [2.45, 2.75) is 38.1 Å². The van der Waals surface area contributed by atoms with Gasteiger partial charge in [0.15, 0.2) is 5.82 Å². The molecule has 1 saturated carbocycles. The molecule has 6 heteroatoms. The van der Waals surface area contributed by atoms with E-state index in [-0.39, 0.29) is 0 Å². The lowest BCUT2D eigenvalue weighted by atomic mass is 9.76. The molecule has 1 fully saturated rings. The van der Waals surface area contributed by atoms with E-state index in [2.05, 4.69) is 47.3 Å². The zero-order chi connectivity index (χ0) is 23.2. The first-order valence-electron chi connectivity index (χ1n) is 11.6. The van der Waals surface area contributed by atoms with E-state index < -0.39 is 0 Å². The first-order valence-corrected chi connectivity index (χ1v) is 11.9. The lowest BCUT2D eigenvalue weighted by Crippen LogP contribution is -2.30. The minimum absolute atomic E-state index is 0.420. The number of allylic oxidation sites excluding steroid dienone is 1. The van der Waals surface area contributed by atoms with Crippen molar-refractivity contribution < 1.29 is 9.26 Å². The highest BCUT2D eigenvalue weighted by Crippen LogP contribution is 2.40. The molecule has 0 radical (unpaired) electrons. The average Bonchev–Trinajstić information content (AvgIpc) is 3.27. The van der Waals surface area contributed by atoms with Crippen molar-refractivity contribution in [1.82, 2.24) is 15.0 Å². The largest absolute Gasteiger partial charge is 0.497 e. The van der Waals surface area contributed by atoms with Crippen LogP contribution in [0.15, 0.2) is 59.1 Å². The Balaban J connectivity index is 1.31. The standard InChI is InChI=1S/C27H32ClN3O2/c1-31(2)27(22-11-13-23(28)14-12-22)21-9-4-19(5-10-21)8-17-26-29-25(30-33-26)18-20-6-15-24(32-3)16-7-20/h6-8,11-17,19,21,27H,4-5,9-10,18H2,1-3H3. The van der Waals surface area contributed by atoms with Crippen LogP contribution in [0.3, 0.4) is 0 Å². The zero-order valence-electron chi connectivity index (χ0n) is 19.6. The Labute approximate surface area is 201 Å². The quantitative estimate of drug-likeness (QED) is 0.383. The van der Waals surface area contributed by atoms with Gasteiger partial charge in [-0.15, -0.1) is 0 Å². The number of aromatic nitrogens is 2. The molecule has 3 aromatic rings. The molecule has 0 spiro atoms. The van der Waals surface area contributed by atoms with Gasteiger partial charge in [-0.25, -0.2) is 0 Å². The number of ether oxygens (including phenoxy) is 1. The number of hydrogen-bond donors (Lipinski definition) is 0. The third kappa shape index (κ3) is 6.24. The van der Waals surface area contributed by atoms with Crippen LogP contribution in [0.4, 0.5) is 0 Å². The van der Waals surface area contributed by atoms with Crippen LogP contribution in [0.1, 0.15) is 54.6 Å². The Bertz CT molecular complexity index is 1040. The summed E-state index contributed by atoms with van der Waals surface area (Å²) in [4.78, 5) is 6.87. The second kappa shape index (κ2) is 11.0. The molecule has 2 aromatic carbocycles. The van der Waals surface area contributed by atoms with Crippen LogP contribution in [-0.4, -0.2) is 36.2 Å². The Morgan fingerprint density at radius 2 is 1.76 bits per heavy atom. The number of hydrogen-bond acceptors (Lipinski definition) is 5. The molecular formula is C27H32ClN3O2. The van der Waals surface area contributed by atoms with E-state index in [0.29, 0.717) is 36.0 Å². The fourth-order valence-corrected chi connectivity index (χ4v) is 4.98. The highest BCUT2D eigenvalue weighted by atomic mass is 35.5. The van der Waals surface area contributed by atoms with Gasteiger partial charge in [0.1, 0.15) is 5.75 Å². The molecule has 174 valence electrons. The summed E-state index contributed by atoms with van der Waals surface area (Å²) in [7, 11) is 6.01. The van der Waals surface area contributed by atoms with E-state index in [4.69, 9.17) is 20.9 Å². The van der Waals surface area contributed by atoms with Crippen molar-refractivity contribution in [3.63, 3.8) is 0 Å². The van der Waals surface area contributed by atoms with Gasteiger partial charge in [0.05, 0.1) is 7.11 Å². The normalized spacial score (nSPS) is 19.8. The molecule has 1 aliphatic carbocycles. The summed E-state index contributed by atoms with van der Waals surface area (Å²) < 4.78 is 10.6. The fraction of sp³-hybridized carbons (Fsp3) is 0.407. The highest BCUT2D eigenvalue weighted by molar-refractivity contribution is 6.30. The lowest BCUT2D eigenvalue weighted by Gasteiger charge is -2.37. The molecule has 5 nitrogen and oxygen atoms in total. The van der Waals surface area contributed by atoms with Crippen molar-refractivity contribution in [2.24, 2.45) is 11.8 Å². The van der Waals surface area contributed by atoms with Gasteiger partial charge in [0.25, 0.3) is 0 Å². The topological polar surface area (TPSA) is 51.4 Å². The summed E-state index contributed by atoms with van der Waals surface area (Å²) in [6, 6.07) is 16.7. The predicted octanol–water partition coefficient (Wildman–Crippen LogP) is 6.44. The maximum Gasteiger partial charge on any atom is 0.250 e. The van der Waals surface area contributed by atoms with Crippen LogP contribution >= 0.6 is 11.6 Å². The summed E-state index contributed by atoms with van der Waals surface area (Å²) in [6.45, 7) is 0. The van der Waals surface area contributed by atoms with Crippen LogP contribution in [0, 0.1) is 11.8 Å². The minimum atomic E-state index is 0.420. The smallest absolute Gasteiger partial charge is 0.250 e. The van der Waals surface area contributed by atoms with Crippen molar-refractivity contribution in [3.05, 3.63) is 82.5 Å². The van der Waals surface area contributed by atoms with Crippen LogP contribution in [-0.2, 0) is 6.42 Å². The van der Waals surface area contributed by atoms with E-state index in [1.807, 2.05) is 42.5 Å². The van der Waals surface area contributed by atoms with Gasteiger partial charge in [-0.2, -0.15) is 4.98 Å². The van der Waals surface area contributed by atoms with Gasteiger partial charge < -0.3 is 14.2 Å². The molecule has 1 atom stereocenters. The molecule has 0 saturated heterocycles. The fourth-order valence-electron chi connectivity index (χ4n) is 4.86. The molecule has 4 rings (SSSR count). The molecule has 0 aliphatic heterocycles. The molecule has 1 heterocycles. The summed E-state index contributed by atoms with van der Waals surface area (Å²) in [5.41, 5.74) is 2.47. The van der Waals surface area contributed by atoms with Crippen molar-refractivity contribution in [3.8, 4) is 5.75 Å². The van der Waals surface area contributed by atoms with Gasteiger partial charge in [-0.1, -0.05) is 47.1 Å². The van der Waals surface area contributed by atoms with Crippen molar-refractivity contribution in [2.75, 3.05) is 21.2 Å². The van der Waals surface area contributed by atoms with Gasteiger partial charge >= 0.3 is 0 Å². The molecule has 0 N–H and O–H groups in total. The number of halogens is 1. The lowest BCUT2D eigenvalue weighted by molar-refractivity contribution is 0.159. The van der Waals surface area contributed by atoms with E-state index in [1.54, 1.807) is 7.11 Å². The minimum Gasteiger partial charge on any atom is -0.497 e. The van der Waals surface area contributed by atoms with E-state index >= 15 is 0 Å². The van der Waals surface area contributed by atoms with Gasteiger partial charge in [0, 0.05) is 17.5 Å². The van der Waals surface area contributed by atoms with Gasteiger partial charge in [-0.05, 0) is 93.1 Å². The Morgan fingerprint density at radius 1 is 1.06 bits per heavy atom. The monoisotopic (exact) mass is 465 g/mol. The summed E-state index contributed by atoms with van der Waals surface area (Å²) in [6.07, 6.45) is 9.62. The maximum atomic E-state index is 6.10. The summed E-state index contributed by atoms with van der Waals surface area (Å²) in [5.74, 6) is 3.31. The van der Waals surface area contributed by atoms with Crippen molar-refractivity contribution >= 4 is 17.7 Å². The molecule has 33 heavy (non-hydrogen) atoms. The maximum absolute atomic E-state index is 6.10. The first kappa shape index (κ1) is 23.5. The number of methoxy groups -OCH3 is 1. The Morgan fingerprint density at radius 3 is 2.39 bits per heavy atom.